The van der Waals surface area contributed by atoms with Crippen LogP contribution >= 0.6 is 0 Å². The van der Waals surface area contributed by atoms with Gasteiger partial charge < -0.3 is 21.4 Å². The van der Waals surface area contributed by atoms with Gasteiger partial charge in [-0.2, -0.15) is 0 Å². The van der Waals surface area contributed by atoms with Crippen molar-refractivity contribution in [2.75, 3.05) is 16.4 Å². The number of nitrogens with zero attached hydrogens (tertiary/aromatic N) is 1. The van der Waals surface area contributed by atoms with E-state index >= 15 is 0 Å². The standard InChI is InChI=1S/C21H15F2N5O2/c22-15-6-1-11(9-16(15)23)20(29)27-13-4-2-12(3-5-13)26-18-7-8-25-19-14(18)10-17(24)21(30)28-19/h1-10H,24H2,(H,27,29)(H2,25,26,28,30). The van der Waals surface area contributed by atoms with Crippen molar-refractivity contribution in [2.24, 2.45) is 0 Å². The average molecular weight is 407 g/mol. The molecule has 0 fully saturated rings. The summed E-state index contributed by atoms with van der Waals surface area (Å²) in [6.07, 6.45) is 1.55. The van der Waals surface area contributed by atoms with Crippen LogP contribution in [0.4, 0.5) is 31.5 Å². The number of nitrogens with one attached hydrogen (secondary N) is 3. The van der Waals surface area contributed by atoms with Gasteiger partial charge in [-0.1, -0.05) is 0 Å². The van der Waals surface area contributed by atoms with Crippen LogP contribution in [0.3, 0.4) is 0 Å². The van der Waals surface area contributed by atoms with Gasteiger partial charge in [0.05, 0.1) is 11.4 Å². The predicted molar refractivity (Wildman–Crippen MR) is 111 cm³/mol. The molecule has 4 aromatic rings. The molecule has 0 aliphatic carbocycles. The number of hydrogen-bond acceptors (Lipinski definition) is 5. The van der Waals surface area contributed by atoms with Gasteiger partial charge in [-0.25, -0.2) is 13.8 Å². The summed E-state index contributed by atoms with van der Waals surface area (Å²) >= 11 is 0. The number of benzene rings is 2. The van der Waals surface area contributed by atoms with Crippen LogP contribution in [0.2, 0.25) is 0 Å². The van der Waals surface area contributed by atoms with Gasteiger partial charge in [-0.05, 0) is 54.6 Å². The lowest BCUT2D eigenvalue weighted by atomic mass is 10.2. The molecule has 0 radical (unpaired) electrons. The number of aromatic nitrogens is 2. The summed E-state index contributed by atoms with van der Waals surface area (Å²) in [5, 5.41) is 6.46. The number of hydrogen-bond donors (Lipinski definition) is 4. The topological polar surface area (TPSA) is 113 Å². The molecule has 2 aromatic heterocycles. The van der Waals surface area contributed by atoms with E-state index in [-0.39, 0.29) is 11.3 Å². The minimum Gasteiger partial charge on any atom is -0.394 e. The second kappa shape index (κ2) is 7.63. The Morgan fingerprint density at radius 1 is 0.967 bits per heavy atom. The molecule has 150 valence electrons. The van der Waals surface area contributed by atoms with Crippen LogP contribution in [0.1, 0.15) is 10.4 Å². The normalized spacial score (nSPS) is 10.7. The number of rotatable bonds is 4. The van der Waals surface area contributed by atoms with Crippen molar-refractivity contribution in [1.82, 2.24) is 9.97 Å². The Bertz CT molecular complexity index is 1320. The maximum absolute atomic E-state index is 13.3. The monoisotopic (exact) mass is 407 g/mol. The molecule has 0 aliphatic rings. The number of fused-ring (bicyclic) bond motifs is 1. The molecule has 2 heterocycles. The van der Waals surface area contributed by atoms with E-state index in [1.165, 1.54) is 6.07 Å². The first-order valence-corrected chi connectivity index (χ1v) is 8.82. The van der Waals surface area contributed by atoms with E-state index in [1.54, 1.807) is 42.6 Å². The second-order valence-corrected chi connectivity index (χ2v) is 6.46. The number of aromatic amines is 1. The fourth-order valence-electron chi connectivity index (χ4n) is 2.86. The zero-order valence-corrected chi connectivity index (χ0v) is 15.4. The number of amides is 1. The Kier molecular flexibility index (Phi) is 4.85. The Morgan fingerprint density at radius 2 is 1.70 bits per heavy atom. The smallest absolute Gasteiger partial charge is 0.272 e. The molecule has 0 atom stereocenters. The number of halogens is 2. The third kappa shape index (κ3) is 3.81. The number of anilines is 4. The Morgan fingerprint density at radius 3 is 2.43 bits per heavy atom. The summed E-state index contributed by atoms with van der Waals surface area (Å²) < 4.78 is 26.3. The minimum absolute atomic E-state index is 0.00550. The van der Waals surface area contributed by atoms with Crippen LogP contribution in [0.15, 0.2) is 65.6 Å². The van der Waals surface area contributed by atoms with Crippen molar-refractivity contribution in [2.45, 2.75) is 0 Å². The molecule has 1 amide bonds. The summed E-state index contributed by atoms with van der Waals surface area (Å²) in [5.74, 6) is -2.67. The van der Waals surface area contributed by atoms with Gasteiger partial charge in [0, 0.05) is 28.5 Å². The summed E-state index contributed by atoms with van der Waals surface area (Å²) in [5.41, 5.74) is 7.63. The van der Waals surface area contributed by atoms with Crippen molar-refractivity contribution in [1.29, 1.82) is 0 Å². The zero-order chi connectivity index (χ0) is 21.3. The Labute approximate surface area is 168 Å². The highest BCUT2D eigenvalue weighted by Crippen LogP contribution is 2.25. The summed E-state index contributed by atoms with van der Waals surface area (Å²) in [4.78, 5) is 30.6. The van der Waals surface area contributed by atoms with Crippen LogP contribution in [0.25, 0.3) is 11.0 Å². The molecule has 4 rings (SSSR count). The molecule has 5 N–H and O–H groups in total. The van der Waals surface area contributed by atoms with Crippen molar-refractivity contribution < 1.29 is 13.6 Å². The highest BCUT2D eigenvalue weighted by Gasteiger charge is 2.10. The van der Waals surface area contributed by atoms with Gasteiger partial charge >= 0.3 is 0 Å². The maximum Gasteiger partial charge on any atom is 0.272 e. The highest BCUT2D eigenvalue weighted by atomic mass is 19.2. The molecule has 0 saturated carbocycles. The van der Waals surface area contributed by atoms with Crippen molar-refractivity contribution in [3.8, 4) is 0 Å². The van der Waals surface area contributed by atoms with Gasteiger partial charge in [0.15, 0.2) is 11.6 Å². The molecule has 0 saturated heterocycles. The molecule has 0 bridgehead atoms. The number of nitrogen functional groups attached to an aromatic ring is 1. The first kappa shape index (κ1) is 19.1. The molecule has 0 aliphatic heterocycles. The third-order valence-corrected chi connectivity index (χ3v) is 4.39. The van der Waals surface area contributed by atoms with E-state index in [0.717, 1.165) is 12.1 Å². The van der Waals surface area contributed by atoms with Gasteiger partial charge in [-0.15, -0.1) is 0 Å². The summed E-state index contributed by atoms with van der Waals surface area (Å²) in [6.45, 7) is 0. The van der Waals surface area contributed by atoms with Gasteiger partial charge in [-0.3, -0.25) is 9.59 Å². The van der Waals surface area contributed by atoms with Gasteiger partial charge in [0.1, 0.15) is 5.65 Å². The first-order valence-electron chi connectivity index (χ1n) is 8.82. The van der Waals surface area contributed by atoms with Crippen molar-refractivity contribution in [3.63, 3.8) is 0 Å². The minimum atomic E-state index is -1.09. The number of carbonyl (C=O) groups is 1. The number of pyridine rings is 2. The maximum atomic E-state index is 13.3. The molecule has 9 heteroatoms. The third-order valence-electron chi connectivity index (χ3n) is 4.39. The van der Waals surface area contributed by atoms with Crippen LogP contribution < -0.4 is 21.9 Å². The van der Waals surface area contributed by atoms with E-state index < -0.39 is 23.1 Å². The average Bonchev–Trinajstić information content (AvgIpc) is 2.73. The number of carbonyl (C=O) groups excluding carboxylic acids is 1. The predicted octanol–water partition coefficient (Wildman–Crippen LogP) is 3.78. The first-order chi connectivity index (χ1) is 14.4. The Balaban J connectivity index is 1.52. The van der Waals surface area contributed by atoms with E-state index in [4.69, 9.17) is 5.73 Å². The van der Waals surface area contributed by atoms with Crippen molar-refractivity contribution in [3.05, 3.63) is 88.3 Å². The summed E-state index contributed by atoms with van der Waals surface area (Å²) in [7, 11) is 0. The number of H-pyrrole nitrogens is 1. The molecular formula is C21H15F2N5O2. The lowest BCUT2D eigenvalue weighted by Gasteiger charge is -2.11. The van der Waals surface area contributed by atoms with Crippen LogP contribution in [-0.4, -0.2) is 15.9 Å². The lowest BCUT2D eigenvalue weighted by Crippen LogP contribution is -2.12. The van der Waals surface area contributed by atoms with Gasteiger partial charge in [0.25, 0.3) is 11.5 Å². The van der Waals surface area contributed by atoms with Crippen molar-refractivity contribution >= 4 is 39.7 Å². The molecule has 0 unspecified atom stereocenters. The Hall–Kier alpha value is -4.27. The van der Waals surface area contributed by atoms with Crippen LogP contribution in [0.5, 0.6) is 0 Å². The SMILES string of the molecule is Nc1cc2c(Nc3ccc(NC(=O)c4ccc(F)c(F)c4)cc3)ccnc2[nH]c1=O. The molecule has 30 heavy (non-hydrogen) atoms. The molecule has 0 spiro atoms. The zero-order valence-electron chi connectivity index (χ0n) is 15.4. The van der Waals surface area contributed by atoms with E-state index in [1.807, 2.05) is 0 Å². The van der Waals surface area contributed by atoms with Gasteiger partial charge in [0.2, 0.25) is 0 Å². The molecular weight excluding hydrogens is 392 g/mol. The molecule has 2 aromatic carbocycles. The van der Waals surface area contributed by atoms with Crippen LogP contribution in [0, 0.1) is 11.6 Å². The van der Waals surface area contributed by atoms with E-state index in [2.05, 4.69) is 20.6 Å². The fourth-order valence-corrected chi connectivity index (χ4v) is 2.86. The quantitative estimate of drug-likeness (QED) is 0.411. The number of nitrogens with two attached hydrogens (primary N) is 1. The largest absolute Gasteiger partial charge is 0.394 e. The van der Waals surface area contributed by atoms with E-state index in [0.29, 0.717) is 28.1 Å². The molecule has 7 nitrogen and oxygen atoms in total. The summed E-state index contributed by atoms with van der Waals surface area (Å²) in [6, 6.07) is 13.0. The fraction of sp³-hybridized carbons (Fsp3) is 0. The second-order valence-electron chi connectivity index (χ2n) is 6.46. The van der Waals surface area contributed by atoms with Crippen LogP contribution in [-0.2, 0) is 0 Å². The lowest BCUT2D eigenvalue weighted by molar-refractivity contribution is 0.102. The highest BCUT2D eigenvalue weighted by molar-refractivity contribution is 6.04. The van der Waals surface area contributed by atoms with E-state index in [9.17, 15) is 18.4 Å².